The molecule has 0 aliphatic carbocycles. The van der Waals surface area contributed by atoms with E-state index in [-0.39, 0.29) is 5.91 Å². The van der Waals surface area contributed by atoms with Gasteiger partial charge >= 0.3 is 0 Å². The second kappa shape index (κ2) is 7.01. The van der Waals surface area contributed by atoms with Gasteiger partial charge in [0.05, 0.1) is 17.1 Å². The highest BCUT2D eigenvalue weighted by molar-refractivity contribution is 7.09. The number of amides is 1. The van der Waals surface area contributed by atoms with Crippen molar-refractivity contribution < 1.29 is 4.79 Å². The Morgan fingerprint density at radius 3 is 3.16 bits per heavy atom. The summed E-state index contributed by atoms with van der Waals surface area (Å²) < 4.78 is 0. The Labute approximate surface area is 119 Å². The molecule has 1 atom stereocenters. The third kappa shape index (κ3) is 4.01. The van der Waals surface area contributed by atoms with E-state index in [0.29, 0.717) is 12.3 Å². The van der Waals surface area contributed by atoms with Crippen LogP contribution in [-0.4, -0.2) is 42.5 Å². The van der Waals surface area contributed by atoms with E-state index in [1.54, 1.807) is 11.3 Å². The first kappa shape index (κ1) is 14.5. The van der Waals surface area contributed by atoms with Gasteiger partial charge in [-0.2, -0.15) is 0 Å². The van der Waals surface area contributed by atoms with Crippen LogP contribution in [0.1, 0.15) is 30.5 Å². The third-order valence-corrected chi connectivity index (χ3v) is 4.64. The van der Waals surface area contributed by atoms with Crippen LogP contribution in [0, 0.1) is 5.92 Å². The molecule has 0 spiro atoms. The molecule has 1 fully saturated rings. The van der Waals surface area contributed by atoms with Gasteiger partial charge in [0.2, 0.25) is 5.91 Å². The number of nitrogens with one attached hydrogen (secondary N) is 1. The Kier molecular flexibility index (Phi) is 5.34. The zero-order valence-electron chi connectivity index (χ0n) is 11.8. The van der Waals surface area contributed by atoms with E-state index in [0.717, 1.165) is 43.2 Å². The molecular weight excluding hydrogens is 258 g/mol. The number of piperidine rings is 1. The zero-order chi connectivity index (χ0) is 13.7. The smallest absolute Gasteiger partial charge is 0.228 e. The fourth-order valence-electron chi connectivity index (χ4n) is 2.61. The summed E-state index contributed by atoms with van der Waals surface area (Å²) in [4.78, 5) is 18.8. The summed E-state index contributed by atoms with van der Waals surface area (Å²) in [5.74, 6) is 0.832. The number of likely N-dealkylation sites (tertiary alicyclic amines) is 1. The first-order valence-corrected chi connectivity index (χ1v) is 7.96. The molecule has 4 nitrogen and oxygen atoms in total. The lowest BCUT2D eigenvalue weighted by atomic mass is 9.98. The van der Waals surface area contributed by atoms with Crippen molar-refractivity contribution in [2.24, 2.45) is 5.92 Å². The van der Waals surface area contributed by atoms with Crippen LogP contribution in [0.4, 0.5) is 0 Å². The number of hydrogen-bond donors (Lipinski definition) is 1. The van der Waals surface area contributed by atoms with Gasteiger partial charge in [-0.1, -0.05) is 6.92 Å². The fourth-order valence-corrected chi connectivity index (χ4v) is 3.35. The molecule has 1 saturated heterocycles. The van der Waals surface area contributed by atoms with Crippen LogP contribution in [-0.2, 0) is 17.6 Å². The van der Waals surface area contributed by atoms with Gasteiger partial charge in [0.15, 0.2) is 0 Å². The van der Waals surface area contributed by atoms with Gasteiger partial charge in [-0.3, -0.25) is 4.79 Å². The summed E-state index contributed by atoms with van der Waals surface area (Å²) in [6.45, 7) is 4.89. The number of aromatic nitrogens is 1. The van der Waals surface area contributed by atoms with Crippen molar-refractivity contribution in [1.82, 2.24) is 15.2 Å². The summed E-state index contributed by atoms with van der Waals surface area (Å²) in [6.07, 6.45) is 3.76. The number of carbonyl (C=O) groups is 1. The Bertz CT molecular complexity index is 417. The van der Waals surface area contributed by atoms with Gasteiger partial charge in [0.25, 0.3) is 0 Å². The molecule has 1 aromatic heterocycles. The van der Waals surface area contributed by atoms with Crippen molar-refractivity contribution in [3.8, 4) is 0 Å². The van der Waals surface area contributed by atoms with E-state index in [2.05, 4.69) is 17.2 Å². The lowest BCUT2D eigenvalue weighted by Crippen LogP contribution is -2.43. The topological polar surface area (TPSA) is 45.2 Å². The number of carbonyl (C=O) groups excluding carboxylic acids is 1. The Morgan fingerprint density at radius 1 is 1.63 bits per heavy atom. The molecule has 5 heteroatoms. The average molecular weight is 281 g/mol. The summed E-state index contributed by atoms with van der Waals surface area (Å²) in [6, 6.07) is 0. The first-order valence-electron chi connectivity index (χ1n) is 7.08. The Morgan fingerprint density at radius 2 is 2.47 bits per heavy atom. The molecule has 1 unspecified atom stereocenters. The van der Waals surface area contributed by atoms with Crippen molar-refractivity contribution in [3.05, 3.63) is 16.1 Å². The number of nitrogens with zero attached hydrogens (tertiary/aromatic N) is 2. The molecule has 0 aromatic carbocycles. The van der Waals surface area contributed by atoms with Gasteiger partial charge in [-0.15, -0.1) is 11.3 Å². The minimum absolute atomic E-state index is 0.230. The van der Waals surface area contributed by atoms with Gasteiger partial charge in [-0.25, -0.2) is 4.98 Å². The second-order valence-electron chi connectivity index (χ2n) is 5.17. The second-order valence-corrected chi connectivity index (χ2v) is 6.11. The van der Waals surface area contributed by atoms with Crippen LogP contribution >= 0.6 is 11.3 Å². The van der Waals surface area contributed by atoms with Crippen LogP contribution in [0.2, 0.25) is 0 Å². The monoisotopic (exact) mass is 281 g/mol. The number of rotatable bonds is 5. The van der Waals surface area contributed by atoms with E-state index in [1.165, 1.54) is 6.42 Å². The predicted octanol–water partition coefficient (Wildman–Crippen LogP) is 1.71. The van der Waals surface area contributed by atoms with Gasteiger partial charge < -0.3 is 10.2 Å². The normalized spacial score (nSPS) is 19.7. The average Bonchev–Trinajstić information content (AvgIpc) is 2.87. The maximum atomic E-state index is 12.3. The van der Waals surface area contributed by atoms with Crippen molar-refractivity contribution in [2.45, 2.75) is 32.6 Å². The van der Waals surface area contributed by atoms with E-state index >= 15 is 0 Å². The van der Waals surface area contributed by atoms with Crippen LogP contribution in [0.3, 0.4) is 0 Å². The van der Waals surface area contributed by atoms with Crippen LogP contribution in [0.5, 0.6) is 0 Å². The molecule has 1 N–H and O–H groups in total. The molecule has 1 amide bonds. The molecule has 106 valence electrons. The molecule has 0 saturated carbocycles. The largest absolute Gasteiger partial charge is 0.342 e. The Balaban J connectivity index is 1.88. The lowest BCUT2D eigenvalue weighted by Gasteiger charge is -2.32. The molecule has 2 rings (SSSR count). The summed E-state index contributed by atoms with van der Waals surface area (Å²) in [7, 11) is 1.97. The standard InChI is InChI=1S/C14H23N3OS/c1-3-13-16-12(10-19-13)7-14(18)17-6-4-5-11(9-17)8-15-2/h10-11,15H,3-9H2,1-2H3. The maximum Gasteiger partial charge on any atom is 0.228 e. The minimum atomic E-state index is 0.230. The van der Waals surface area contributed by atoms with E-state index < -0.39 is 0 Å². The van der Waals surface area contributed by atoms with Crippen molar-refractivity contribution in [3.63, 3.8) is 0 Å². The predicted molar refractivity (Wildman–Crippen MR) is 78.4 cm³/mol. The number of aryl methyl sites for hydroxylation is 1. The molecular formula is C14H23N3OS. The van der Waals surface area contributed by atoms with Crippen molar-refractivity contribution in [2.75, 3.05) is 26.7 Å². The highest BCUT2D eigenvalue weighted by Crippen LogP contribution is 2.17. The first-order chi connectivity index (χ1) is 9.22. The van der Waals surface area contributed by atoms with Crippen LogP contribution in [0.15, 0.2) is 5.38 Å². The SMILES string of the molecule is CCc1nc(CC(=O)N2CCCC(CNC)C2)cs1. The summed E-state index contributed by atoms with van der Waals surface area (Å²) in [5, 5.41) is 6.35. The van der Waals surface area contributed by atoms with Gasteiger partial charge in [0, 0.05) is 18.5 Å². The highest BCUT2D eigenvalue weighted by Gasteiger charge is 2.23. The molecule has 1 aliphatic rings. The quantitative estimate of drug-likeness (QED) is 0.893. The van der Waals surface area contributed by atoms with Crippen molar-refractivity contribution >= 4 is 17.2 Å². The third-order valence-electron chi connectivity index (χ3n) is 3.60. The van der Waals surface area contributed by atoms with E-state index in [9.17, 15) is 4.79 Å². The fraction of sp³-hybridized carbons (Fsp3) is 0.714. The van der Waals surface area contributed by atoms with Crippen LogP contribution < -0.4 is 5.32 Å². The highest BCUT2D eigenvalue weighted by atomic mass is 32.1. The lowest BCUT2D eigenvalue weighted by molar-refractivity contribution is -0.132. The maximum absolute atomic E-state index is 12.3. The summed E-state index contributed by atoms with van der Waals surface area (Å²) in [5.41, 5.74) is 0.933. The molecule has 2 heterocycles. The minimum Gasteiger partial charge on any atom is -0.342 e. The molecule has 19 heavy (non-hydrogen) atoms. The molecule has 1 aliphatic heterocycles. The summed E-state index contributed by atoms with van der Waals surface area (Å²) >= 11 is 1.66. The van der Waals surface area contributed by atoms with E-state index in [1.807, 2.05) is 17.3 Å². The van der Waals surface area contributed by atoms with Gasteiger partial charge in [-0.05, 0) is 38.8 Å². The van der Waals surface area contributed by atoms with Crippen molar-refractivity contribution in [1.29, 1.82) is 0 Å². The molecule has 1 aromatic rings. The molecule has 0 radical (unpaired) electrons. The van der Waals surface area contributed by atoms with E-state index in [4.69, 9.17) is 0 Å². The van der Waals surface area contributed by atoms with Crippen LogP contribution in [0.25, 0.3) is 0 Å². The molecule has 0 bridgehead atoms. The Hall–Kier alpha value is -0.940. The zero-order valence-corrected chi connectivity index (χ0v) is 12.6. The number of thiazole rings is 1. The number of hydrogen-bond acceptors (Lipinski definition) is 4. The van der Waals surface area contributed by atoms with Gasteiger partial charge in [0.1, 0.15) is 0 Å².